The van der Waals surface area contributed by atoms with Crippen molar-refractivity contribution >= 4 is 34.4 Å². The van der Waals surface area contributed by atoms with E-state index in [1.165, 1.54) is 4.68 Å². The lowest BCUT2D eigenvalue weighted by molar-refractivity contribution is -0.136. The fourth-order valence-corrected chi connectivity index (χ4v) is 2.95. The van der Waals surface area contributed by atoms with E-state index in [4.69, 9.17) is 4.74 Å². The molecule has 8 heteroatoms. The molecule has 8 nitrogen and oxygen atoms in total. The third-order valence-electron chi connectivity index (χ3n) is 4.39. The Morgan fingerprint density at radius 2 is 1.86 bits per heavy atom. The summed E-state index contributed by atoms with van der Waals surface area (Å²) in [6.45, 7) is 1.27. The number of carbonyl (C=O) groups excluding carboxylic acids is 2. The molecule has 0 aliphatic carbocycles. The maximum atomic E-state index is 12.8. The van der Waals surface area contributed by atoms with E-state index in [2.05, 4.69) is 20.5 Å². The molecule has 0 aliphatic heterocycles. The van der Waals surface area contributed by atoms with Gasteiger partial charge >= 0.3 is 5.97 Å². The molecule has 0 saturated heterocycles. The monoisotopic (exact) mass is 387 g/mol. The van der Waals surface area contributed by atoms with Crippen molar-refractivity contribution in [2.45, 2.75) is 6.92 Å². The summed E-state index contributed by atoms with van der Waals surface area (Å²) in [5.41, 5.74) is 2.21. The number of esters is 1. The van der Waals surface area contributed by atoms with Crippen molar-refractivity contribution in [1.29, 1.82) is 0 Å². The molecule has 0 saturated carbocycles. The second-order valence-corrected chi connectivity index (χ2v) is 6.33. The zero-order valence-corrected chi connectivity index (χ0v) is 15.6. The molecule has 0 radical (unpaired) electrons. The molecule has 0 bridgehead atoms. The van der Waals surface area contributed by atoms with E-state index in [0.717, 1.165) is 16.5 Å². The number of carbonyl (C=O) groups is 2. The lowest BCUT2D eigenvalue weighted by Gasteiger charge is -2.08. The summed E-state index contributed by atoms with van der Waals surface area (Å²) in [6.07, 6.45) is 3.23. The van der Waals surface area contributed by atoms with Gasteiger partial charge in [0.05, 0.1) is 0 Å². The number of nitrogens with one attached hydrogen (secondary N) is 1. The minimum Gasteiger partial charge on any atom is -0.453 e. The Bertz CT molecular complexity index is 1210. The molecule has 0 atom stereocenters. The molecule has 144 valence electrons. The minimum absolute atomic E-state index is 0.116. The standard InChI is InChI=1S/C21H17N5O3/c1-14-23-24-25-26(14)19(11-15-7-3-2-4-8-15)21(28)29-13-20(27)17-12-22-18-10-6-5-9-16(17)18/h2-12,22H,13H2,1H3/b19-11-. The largest absolute Gasteiger partial charge is 0.453 e. The molecule has 1 N–H and O–H groups in total. The summed E-state index contributed by atoms with van der Waals surface area (Å²) in [4.78, 5) is 28.4. The normalized spacial score (nSPS) is 11.6. The van der Waals surface area contributed by atoms with Crippen LogP contribution in [-0.4, -0.2) is 43.6 Å². The van der Waals surface area contributed by atoms with Crippen molar-refractivity contribution in [2.75, 3.05) is 6.61 Å². The van der Waals surface area contributed by atoms with E-state index in [-0.39, 0.29) is 11.5 Å². The first-order valence-electron chi connectivity index (χ1n) is 8.92. The smallest absolute Gasteiger partial charge is 0.357 e. The van der Waals surface area contributed by atoms with Gasteiger partial charge in [0.2, 0.25) is 5.78 Å². The third-order valence-corrected chi connectivity index (χ3v) is 4.39. The number of H-pyrrole nitrogens is 1. The molecule has 0 aliphatic rings. The van der Waals surface area contributed by atoms with Gasteiger partial charge in [0.15, 0.2) is 18.1 Å². The summed E-state index contributed by atoms with van der Waals surface area (Å²) in [7, 11) is 0. The van der Waals surface area contributed by atoms with Crippen LogP contribution in [0.2, 0.25) is 0 Å². The number of tetrazole rings is 1. The van der Waals surface area contributed by atoms with Crippen molar-refractivity contribution < 1.29 is 14.3 Å². The molecule has 0 unspecified atom stereocenters. The lowest BCUT2D eigenvalue weighted by Crippen LogP contribution is -2.19. The number of aryl methyl sites for hydroxylation is 1. The molecule has 0 fully saturated rings. The Morgan fingerprint density at radius 1 is 1.10 bits per heavy atom. The van der Waals surface area contributed by atoms with Crippen LogP contribution < -0.4 is 0 Å². The summed E-state index contributed by atoms with van der Waals surface area (Å²) < 4.78 is 6.59. The predicted octanol–water partition coefficient (Wildman–Crippen LogP) is 2.89. The van der Waals surface area contributed by atoms with Gasteiger partial charge in [0, 0.05) is 22.7 Å². The van der Waals surface area contributed by atoms with E-state index < -0.39 is 12.6 Å². The van der Waals surface area contributed by atoms with Gasteiger partial charge in [-0.3, -0.25) is 4.79 Å². The highest BCUT2D eigenvalue weighted by Gasteiger charge is 2.20. The molecular formula is C21H17N5O3. The van der Waals surface area contributed by atoms with Gasteiger partial charge in [-0.25, -0.2) is 4.79 Å². The third kappa shape index (κ3) is 3.81. The van der Waals surface area contributed by atoms with Gasteiger partial charge in [0.25, 0.3) is 0 Å². The zero-order valence-electron chi connectivity index (χ0n) is 15.6. The number of hydrogen-bond donors (Lipinski definition) is 1. The lowest BCUT2D eigenvalue weighted by atomic mass is 10.1. The van der Waals surface area contributed by atoms with Crippen LogP contribution in [0, 0.1) is 6.92 Å². The number of nitrogens with zero attached hydrogens (tertiary/aromatic N) is 4. The fraction of sp³-hybridized carbons (Fsp3) is 0.0952. The Labute approximate surface area is 165 Å². The quantitative estimate of drug-likeness (QED) is 0.310. The second-order valence-electron chi connectivity index (χ2n) is 6.33. The molecule has 29 heavy (non-hydrogen) atoms. The maximum absolute atomic E-state index is 12.8. The van der Waals surface area contributed by atoms with Crippen LogP contribution in [0.3, 0.4) is 0 Å². The van der Waals surface area contributed by atoms with Crippen LogP contribution in [0.4, 0.5) is 0 Å². The Morgan fingerprint density at radius 3 is 2.62 bits per heavy atom. The van der Waals surface area contributed by atoms with E-state index in [1.54, 1.807) is 19.2 Å². The molecule has 0 spiro atoms. The molecule has 0 amide bonds. The van der Waals surface area contributed by atoms with Gasteiger partial charge in [-0.15, -0.1) is 5.10 Å². The predicted molar refractivity (Wildman–Crippen MR) is 107 cm³/mol. The van der Waals surface area contributed by atoms with Crippen LogP contribution >= 0.6 is 0 Å². The van der Waals surface area contributed by atoms with Crippen LogP contribution in [-0.2, 0) is 9.53 Å². The summed E-state index contributed by atoms with van der Waals surface area (Å²) in [6, 6.07) is 16.7. The van der Waals surface area contributed by atoms with Gasteiger partial charge in [-0.05, 0) is 35.1 Å². The van der Waals surface area contributed by atoms with Crippen molar-refractivity contribution in [2.24, 2.45) is 0 Å². The van der Waals surface area contributed by atoms with Crippen molar-refractivity contribution in [3.05, 3.63) is 77.7 Å². The van der Waals surface area contributed by atoms with E-state index in [9.17, 15) is 9.59 Å². The minimum atomic E-state index is -0.697. The van der Waals surface area contributed by atoms with Gasteiger partial charge in [-0.1, -0.05) is 48.5 Å². The first kappa shape index (κ1) is 18.3. The zero-order chi connectivity index (χ0) is 20.2. The summed E-state index contributed by atoms with van der Waals surface area (Å²) in [5, 5.41) is 12.0. The van der Waals surface area contributed by atoms with Gasteiger partial charge in [0.1, 0.15) is 0 Å². The fourth-order valence-electron chi connectivity index (χ4n) is 2.95. The van der Waals surface area contributed by atoms with Crippen molar-refractivity contribution in [3.63, 3.8) is 0 Å². The molecule has 4 aromatic rings. The Kier molecular flexibility index (Phi) is 4.98. The Balaban J connectivity index is 1.56. The molecule has 2 heterocycles. The summed E-state index contributed by atoms with van der Waals surface area (Å²) in [5.74, 6) is -0.576. The number of benzene rings is 2. The average Bonchev–Trinajstić information content (AvgIpc) is 3.37. The number of aromatic amines is 1. The molecule has 4 rings (SSSR count). The van der Waals surface area contributed by atoms with E-state index in [0.29, 0.717) is 11.4 Å². The molecule has 2 aromatic carbocycles. The number of ether oxygens (including phenoxy) is 1. The number of para-hydroxylation sites is 1. The maximum Gasteiger partial charge on any atom is 0.357 e. The van der Waals surface area contributed by atoms with Crippen LogP contribution in [0.1, 0.15) is 21.7 Å². The van der Waals surface area contributed by atoms with Gasteiger partial charge in [-0.2, -0.15) is 4.68 Å². The SMILES string of the molecule is Cc1nnnn1/C(=C\c1ccccc1)C(=O)OCC(=O)c1c[nH]c2ccccc12. The average molecular weight is 387 g/mol. The van der Waals surface area contributed by atoms with Gasteiger partial charge < -0.3 is 9.72 Å². The number of aromatic nitrogens is 5. The van der Waals surface area contributed by atoms with Crippen molar-refractivity contribution in [1.82, 2.24) is 25.2 Å². The summed E-state index contributed by atoms with van der Waals surface area (Å²) >= 11 is 0. The van der Waals surface area contributed by atoms with Crippen LogP contribution in [0.5, 0.6) is 0 Å². The van der Waals surface area contributed by atoms with Crippen LogP contribution in [0.15, 0.2) is 60.8 Å². The first-order valence-corrected chi connectivity index (χ1v) is 8.92. The molecular weight excluding hydrogens is 370 g/mol. The number of Topliss-reactive ketones (excluding diaryl/α,β-unsaturated/α-hetero) is 1. The topological polar surface area (TPSA) is 103 Å². The highest BCUT2D eigenvalue weighted by molar-refractivity contribution is 6.16. The van der Waals surface area contributed by atoms with Crippen molar-refractivity contribution in [3.8, 4) is 0 Å². The Hall–Kier alpha value is -4.07. The molecule has 2 aromatic heterocycles. The number of ketones is 1. The number of fused-ring (bicyclic) bond motifs is 1. The highest BCUT2D eigenvalue weighted by atomic mass is 16.5. The first-order chi connectivity index (χ1) is 14.1. The van der Waals surface area contributed by atoms with E-state index >= 15 is 0 Å². The van der Waals surface area contributed by atoms with E-state index in [1.807, 2.05) is 54.6 Å². The number of hydrogen-bond acceptors (Lipinski definition) is 6. The second kappa shape index (κ2) is 7.89. The van der Waals surface area contributed by atoms with Crippen LogP contribution in [0.25, 0.3) is 22.7 Å². The highest BCUT2D eigenvalue weighted by Crippen LogP contribution is 2.19. The number of rotatable bonds is 6.